The average molecular weight is 299 g/mol. The van der Waals surface area contributed by atoms with Crippen LogP contribution in [0.3, 0.4) is 0 Å². The number of nitrogens with two attached hydrogens (primary N) is 1. The molecule has 0 bridgehead atoms. The van der Waals surface area contributed by atoms with Gasteiger partial charge in [0.2, 0.25) is 5.13 Å². The third-order valence-corrected chi connectivity index (χ3v) is 3.42. The number of aromatic nitrogens is 4. The summed E-state index contributed by atoms with van der Waals surface area (Å²) in [4.78, 5) is 7.99. The molecule has 3 N–H and O–H groups in total. The molecule has 8 heteroatoms. The molecule has 1 aromatic carbocycles. The number of rotatable bonds is 5. The van der Waals surface area contributed by atoms with Crippen LogP contribution in [0.25, 0.3) is 0 Å². The minimum Gasteiger partial charge on any atom is -0.383 e. The molecule has 0 aliphatic heterocycles. The van der Waals surface area contributed by atoms with E-state index < -0.39 is 0 Å². The number of nitrogens with one attached hydrogen (secondary N) is 1. The Kier molecular flexibility index (Phi) is 3.88. The minimum atomic E-state index is 0.493. The lowest BCUT2D eigenvalue weighted by atomic mass is 10.1. The van der Waals surface area contributed by atoms with Crippen molar-refractivity contribution in [1.82, 2.24) is 19.7 Å². The molecule has 21 heavy (non-hydrogen) atoms. The molecule has 2 aromatic heterocycles. The number of nitrogen functional groups attached to an aromatic ring is 1. The fourth-order valence-corrected chi connectivity index (χ4v) is 2.32. The summed E-state index contributed by atoms with van der Waals surface area (Å²) in [6, 6.07) is 8.04. The van der Waals surface area contributed by atoms with Crippen LogP contribution in [-0.4, -0.2) is 26.0 Å². The highest BCUT2D eigenvalue weighted by Crippen LogP contribution is 2.16. The van der Waals surface area contributed by atoms with E-state index in [1.807, 2.05) is 24.3 Å². The van der Waals surface area contributed by atoms with E-state index in [-0.39, 0.29) is 0 Å². The van der Waals surface area contributed by atoms with Gasteiger partial charge >= 0.3 is 0 Å². The number of anilines is 2. The maximum Gasteiger partial charge on any atom is 0.205 e. The van der Waals surface area contributed by atoms with E-state index in [0.717, 1.165) is 11.1 Å². The van der Waals surface area contributed by atoms with E-state index in [9.17, 15) is 0 Å². The third kappa shape index (κ3) is 3.63. The molecule has 0 aliphatic rings. The lowest BCUT2D eigenvalue weighted by Gasteiger charge is -2.02. The van der Waals surface area contributed by atoms with Gasteiger partial charge in [0.25, 0.3) is 0 Å². The maximum absolute atomic E-state index is 5.54. The Hall–Kier alpha value is -2.74. The van der Waals surface area contributed by atoms with E-state index >= 15 is 0 Å². The first kappa shape index (κ1) is 13.3. The Morgan fingerprint density at radius 2 is 2.38 bits per heavy atom. The van der Waals surface area contributed by atoms with Crippen LogP contribution in [0.1, 0.15) is 11.1 Å². The molecular formula is C13H13N7S. The van der Waals surface area contributed by atoms with E-state index in [1.54, 1.807) is 22.6 Å². The summed E-state index contributed by atoms with van der Waals surface area (Å²) in [5, 5.41) is 10.7. The molecule has 0 saturated carbocycles. The molecule has 0 radical (unpaired) electrons. The van der Waals surface area contributed by atoms with Crippen LogP contribution in [0, 0.1) is 0 Å². The van der Waals surface area contributed by atoms with Gasteiger partial charge in [0.15, 0.2) is 0 Å². The molecule has 3 rings (SSSR count). The number of thiazole rings is 1. The van der Waals surface area contributed by atoms with E-state index in [1.165, 1.54) is 17.7 Å². The van der Waals surface area contributed by atoms with Crippen LogP contribution >= 0.6 is 11.3 Å². The predicted molar refractivity (Wildman–Crippen MR) is 83.3 cm³/mol. The number of hydrazone groups is 1. The Labute approximate surface area is 125 Å². The van der Waals surface area contributed by atoms with E-state index in [0.29, 0.717) is 17.5 Å². The highest BCUT2D eigenvalue weighted by atomic mass is 32.1. The molecule has 0 fully saturated rings. The number of nitrogens with zero attached hydrogens (tertiary/aromatic N) is 5. The third-order valence-electron chi connectivity index (χ3n) is 2.66. The van der Waals surface area contributed by atoms with Gasteiger partial charge in [0.1, 0.15) is 18.5 Å². The van der Waals surface area contributed by atoms with Crippen molar-refractivity contribution in [2.24, 2.45) is 5.10 Å². The van der Waals surface area contributed by atoms with Gasteiger partial charge in [-0.1, -0.05) is 18.2 Å². The smallest absolute Gasteiger partial charge is 0.205 e. The van der Waals surface area contributed by atoms with Crippen molar-refractivity contribution < 1.29 is 0 Å². The normalized spacial score (nSPS) is 11.0. The second kappa shape index (κ2) is 6.14. The summed E-state index contributed by atoms with van der Waals surface area (Å²) in [7, 11) is 0. The van der Waals surface area contributed by atoms with Crippen LogP contribution in [-0.2, 0) is 6.54 Å². The molecule has 7 nitrogen and oxygen atoms in total. The zero-order valence-electron chi connectivity index (χ0n) is 11.0. The lowest BCUT2D eigenvalue weighted by Crippen LogP contribution is -2.00. The first-order valence-electron chi connectivity index (χ1n) is 6.21. The van der Waals surface area contributed by atoms with E-state index in [4.69, 9.17) is 5.73 Å². The second-order valence-electron chi connectivity index (χ2n) is 4.29. The molecule has 3 aromatic rings. The second-order valence-corrected chi connectivity index (χ2v) is 5.14. The van der Waals surface area contributed by atoms with Crippen LogP contribution < -0.4 is 11.2 Å². The minimum absolute atomic E-state index is 0.493. The molecule has 0 atom stereocenters. The van der Waals surface area contributed by atoms with Crippen molar-refractivity contribution in [2.45, 2.75) is 6.54 Å². The number of hydrogen-bond acceptors (Lipinski definition) is 7. The summed E-state index contributed by atoms with van der Waals surface area (Å²) in [6.45, 7) is 0.679. The summed E-state index contributed by atoms with van der Waals surface area (Å²) < 4.78 is 1.77. The van der Waals surface area contributed by atoms with Gasteiger partial charge in [-0.15, -0.1) is 11.3 Å². The topological polar surface area (TPSA) is 94.0 Å². The largest absolute Gasteiger partial charge is 0.383 e. The Balaban J connectivity index is 1.65. The summed E-state index contributed by atoms with van der Waals surface area (Å²) in [6.07, 6.45) is 4.95. The van der Waals surface area contributed by atoms with E-state index in [2.05, 4.69) is 25.6 Å². The van der Waals surface area contributed by atoms with Gasteiger partial charge in [-0.2, -0.15) is 10.2 Å². The zero-order chi connectivity index (χ0) is 14.5. The van der Waals surface area contributed by atoms with Gasteiger partial charge in [0, 0.05) is 5.38 Å². The van der Waals surface area contributed by atoms with Gasteiger partial charge in [-0.3, -0.25) is 5.43 Å². The van der Waals surface area contributed by atoms with Crippen molar-refractivity contribution in [2.75, 3.05) is 11.2 Å². The monoisotopic (exact) mass is 299 g/mol. The Morgan fingerprint density at radius 3 is 3.14 bits per heavy atom. The Morgan fingerprint density at radius 1 is 1.43 bits per heavy atom. The van der Waals surface area contributed by atoms with Crippen molar-refractivity contribution in [1.29, 1.82) is 0 Å². The molecule has 2 heterocycles. The highest BCUT2D eigenvalue weighted by molar-refractivity contribution is 7.14. The quantitative estimate of drug-likeness (QED) is 0.553. The summed E-state index contributed by atoms with van der Waals surface area (Å²) in [5.74, 6) is 0.493. The standard InChI is InChI=1S/C13H13N7S/c14-12-7-21-13(18-12)19-16-5-10-2-1-3-11(4-10)6-20-9-15-8-17-20/h1-5,7-9H,6,14H2,(H,18,19). The first-order valence-corrected chi connectivity index (χ1v) is 7.09. The molecule has 0 unspecified atom stereocenters. The van der Waals surface area contributed by atoms with Crippen molar-refractivity contribution in [3.05, 3.63) is 53.4 Å². The summed E-state index contributed by atoms with van der Waals surface area (Å²) >= 11 is 1.41. The van der Waals surface area contributed by atoms with Crippen LogP contribution in [0.2, 0.25) is 0 Å². The Bertz CT molecular complexity index is 733. The van der Waals surface area contributed by atoms with Crippen LogP contribution in [0.5, 0.6) is 0 Å². The molecule has 0 amide bonds. The fourth-order valence-electron chi connectivity index (χ4n) is 1.77. The maximum atomic E-state index is 5.54. The lowest BCUT2D eigenvalue weighted by molar-refractivity contribution is 0.685. The van der Waals surface area contributed by atoms with Crippen molar-refractivity contribution >= 4 is 28.5 Å². The SMILES string of the molecule is Nc1csc(NN=Cc2cccc(Cn3cncn3)c2)n1. The first-order chi connectivity index (χ1) is 10.3. The number of hydrogen-bond donors (Lipinski definition) is 2. The van der Waals surface area contributed by atoms with Gasteiger partial charge < -0.3 is 5.73 Å². The summed E-state index contributed by atoms with van der Waals surface area (Å²) in [5.41, 5.74) is 10.5. The molecular weight excluding hydrogens is 286 g/mol. The van der Waals surface area contributed by atoms with Gasteiger partial charge in [-0.05, 0) is 17.2 Å². The van der Waals surface area contributed by atoms with Gasteiger partial charge in [-0.25, -0.2) is 14.6 Å². The number of benzene rings is 1. The van der Waals surface area contributed by atoms with Crippen molar-refractivity contribution in [3.8, 4) is 0 Å². The fraction of sp³-hybridized carbons (Fsp3) is 0.0769. The van der Waals surface area contributed by atoms with Gasteiger partial charge in [0.05, 0.1) is 12.8 Å². The van der Waals surface area contributed by atoms with Crippen LogP contribution in [0.15, 0.2) is 47.4 Å². The zero-order valence-corrected chi connectivity index (χ0v) is 11.9. The average Bonchev–Trinajstić information content (AvgIpc) is 3.11. The van der Waals surface area contributed by atoms with Crippen LogP contribution in [0.4, 0.5) is 10.9 Å². The predicted octanol–water partition coefficient (Wildman–Crippen LogP) is 1.81. The molecule has 0 aliphatic carbocycles. The highest BCUT2D eigenvalue weighted by Gasteiger charge is 1.98. The van der Waals surface area contributed by atoms with Crippen molar-refractivity contribution in [3.63, 3.8) is 0 Å². The molecule has 106 valence electrons. The molecule has 0 saturated heterocycles. The molecule has 0 spiro atoms.